The van der Waals surface area contributed by atoms with E-state index in [-0.39, 0.29) is 23.0 Å². The van der Waals surface area contributed by atoms with Crippen LogP contribution >= 0.6 is 11.8 Å². The normalized spacial score (nSPS) is 10.7. The third-order valence-corrected chi connectivity index (χ3v) is 6.27. The van der Waals surface area contributed by atoms with Gasteiger partial charge in [-0.2, -0.15) is 0 Å². The molecule has 0 radical (unpaired) electrons. The number of benzene rings is 3. The van der Waals surface area contributed by atoms with Crippen LogP contribution in [0.3, 0.4) is 0 Å². The van der Waals surface area contributed by atoms with Gasteiger partial charge in [0.1, 0.15) is 17.2 Å². The van der Waals surface area contributed by atoms with Gasteiger partial charge in [-0.15, -0.1) is 11.8 Å². The number of phenols is 3. The van der Waals surface area contributed by atoms with Gasteiger partial charge >= 0.3 is 0 Å². The van der Waals surface area contributed by atoms with E-state index in [1.807, 2.05) is 24.3 Å². The van der Waals surface area contributed by atoms with E-state index in [4.69, 9.17) is 9.47 Å². The molecule has 0 amide bonds. The molecule has 0 aliphatic rings. The first-order valence-electron chi connectivity index (χ1n) is 10.1. The number of nitrogens with zero attached hydrogens (tertiary/aromatic N) is 1. The fourth-order valence-electron chi connectivity index (χ4n) is 3.56. The molecule has 4 aromatic rings. The Hall–Kier alpha value is -3.84. The monoisotopic (exact) mass is 461 g/mol. The van der Waals surface area contributed by atoms with Crippen LogP contribution in [0.15, 0.2) is 77.8 Å². The summed E-state index contributed by atoms with van der Waals surface area (Å²) in [5, 5.41) is 31.4. The lowest BCUT2D eigenvalue weighted by Crippen LogP contribution is -1.95. The highest BCUT2D eigenvalue weighted by Crippen LogP contribution is 2.50. The average molecular weight is 462 g/mol. The van der Waals surface area contributed by atoms with Crippen molar-refractivity contribution in [2.75, 3.05) is 14.2 Å². The van der Waals surface area contributed by atoms with Crippen molar-refractivity contribution < 1.29 is 24.8 Å². The maximum absolute atomic E-state index is 11.1. The molecule has 4 rings (SSSR count). The summed E-state index contributed by atoms with van der Waals surface area (Å²) in [4.78, 5) is 5.00. The van der Waals surface area contributed by atoms with Crippen molar-refractivity contribution in [3.8, 4) is 51.0 Å². The van der Waals surface area contributed by atoms with Crippen molar-refractivity contribution in [2.45, 2.75) is 10.6 Å². The molecule has 0 saturated heterocycles. The highest BCUT2D eigenvalue weighted by atomic mass is 32.2. The van der Waals surface area contributed by atoms with Crippen LogP contribution in [0.1, 0.15) is 5.69 Å². The van der Waals surface area contributed by atoms with Crippen LogP contribution in [0.5, 0.6) is 28.7 Å². The zero-order valence-corrected chi connectivity index (χ0v) is 19.0. The standard InChI is InChI=1S/C26H23NO5S/c1-31-22-14-20(16-6-9-19(28)10-7-16)26(32-2)25(30)24(22)17-8-11-23(21(29)13-17)33-15-18-5-3-4-12-27-18/h3-14,28-30H,15H2,1-2H3. The Morgan fingerprint density at radius 2 is 1.61 bits per heavy atom. The lowest BCUT2D eigenvalue weighted by Gasteiger charge is -2.18. The van der Waals surface area contributed by atoms with Crippen LogP contribution in [0, 0.1) is 0 Å². The number of phenolic OH excluding ortho intramolecular Hbond substituents is 3. The molecule has 3 N–H and O–H groups in total. The van der Waals surface area contributed by atoms with E-state index in [9.17, 15) is 15.3 Å². The van der Waals surface area contributed by atoms with Gasteiger partial charge < -0.3 is 24.8 Å². The Bertz CT molecular complexity index is 1260. The number of aromatic nitrogens is 1. The van der Waals surface area contributed by atoms with Gasteiger partial charge in [0.05, 0.1) is 25.5 Å². The molecule has 7 heteroatoms. The predicted octanol–water partition coefficient (Wildman–Crippen LogP) is 5.84. The summed E-state index contributed by atoms with van der Waals surface area (Å²) in [7, 11) is 2.99. The van der Waals surface area contributed by atoms with E-state index in [0.29, 0.717) is 33.1 Å². The fraction of sp³-hybridized carbons (Fsp3) is 0.115. The molecule has 33 heavy (non-hydrogen) atoms. The first-order chi connectivity index (χ1) is 16.0. The highest BCUT2D eigenvalue weighted by Gasteiger charge is 2.22. The second kappa shape index (κ2) is 9.75. The zero-order chi connectivity index (χ0) is 23.4. The van der Waals surface area contributed by atoms with Gasteiger partial charge in [-0.3, -0.25) is 4.98 Å². The smallest absolute Gasteiger partial charge is 0.170 e. The molecule has 0 saturated carbocycles. The van der Waals surface area contributed by atoms with Crippen LogP contribution in [0.25, 0.3) is 22.3 Å². The molecule has 0 unspecified atom stereocenters. The van der Waals surface area contributed by atoms with Gasteiger partial charge in [-0.25, -0.2) is 0 Å². The maximum Gasteiger partial charge on any atom is 0.170 e. The molecule has 0 bridgehead atoms. The Kier molecular flexibility index (Phi) is 6.60. The van der Waals surface area contributed by atoms with Gasteiger partial charge in [0.25, 0.3) is 0 Å². The summed E-state index contributed by atoms with van der Waals surface area (Å²) in [6, 6.07) is 19.3. The zero-order valence-electron chi connectivity index (χ0n) is 18.1. The molecular formula is C26H23NO5S. The quantitative estimate of drug-likeness (QED) is 0.298. The van der Waals surface area contributed by atoms with Crippen molar-refractivity contribution in [1.29, 1.82) is 0 Å². The third-order valence-electron chi connectivity index (χ3n) is 5.17. The Balaban J connectivity index is 1.72. The van der Waals surface area contributed by atoms with Crippen molar-refractivity contribution in [1.82, 2.24) is 4.98 Å². The highest BCUT2D eigenvalue weighted by molar-refractivity contribution is 7.98. The van der Waals surface area contributed by atoms with Gasteiger partial charge in [0.2, 0.25) is 0 Å². The summed E-state index contributed by atoms with van der Waals surface area (Å²) >= 11 is 1.48. The second-order valence-corrected chi connectivity index (χ2v) is 8.24. The van der Waals surface area contributed by atoms with Crippen molar-refractivity contribution in [2.24, 2.45) is 0 Å². The molecular weight excluding hydrogens is 438 g/mol. The molecule has 0 aliphatic heterocycles. The first kappa shape index (κ1) is 22.4. The van der Waals surface area contributed by atoms with Crippen molar-refractivity contribution >= 4 is 11.8 Å². The van der Waals surface area contributed by atoms with E-state index >= 15 is 0 Å². The minimum Gasteiger partial charge on any atom is -0.508 e. The topological polar surface area (TPSA) is 92.0 Å². The number of methoxy groups -OCH3 is 2. The van der Waals surface area contributed by atoms with E-state index in [0.717, 1.165) is 11.3 Å². The van der Waals surface area contributed by atoms with Gasteiger partial charge in [-0.05, 0) is 53.6 Å². The van der Waals surface area contributed by atoms with Crippen LogP contribution in [-0.4, -0.2) is 34.5 Å². The number of hydrogen-bond donors (Lipinski definition) is 3. The third kappa shape index (κ3) is 4.68. The van der Waals surface area contributed by atoms with Crippen molar-refractivity contribution in [3.63, 3.8) is 0 Å². The Morgan fingerprint density at radius 3 is 2.24 bits per heavy atom. The van der Waals surface area contributed by atoms with E-state index in [1.54, 1.807) is 48.7 Å². The SMILES string of the molecule is COc1cc(-c2ccc(O)cc2)c(OC)c(O)c1-c1ccc(SCc2ccccn2)c(O)c1. The summed E-state index contributed by atoms with van der Waals surface area (Å²) in [6.45, 7) is 0. The van der Waals surface area contributed by atoms with E-state index in [2.05, 4.69) is 4.98 Å². The fourth-order valence-corrected chi connectivity index (χ4v) is 4.40. The number of hydrogen-bond acceptors (Lipinski definition) is 7. The second-order valence-electron chi connectivity index (χ2n) is 7.22. The van der Waals surface area contributed by atoms with Gasteiger partial charge in [-0.1, -0.05) is 24.3 Å². The molecule has 3 aromatic carbocycles. The molecule has 0 aliphatic carbocycles. The van der Waals surface area contributed by atoms with E-state index < -0.39 is 0 Å². The summed E-state index contributed by atoms with van der Waals surface area (Å²) in [5.41, 5.74) is 3.27. The van der Waals surface area contributed by atoms with Crippen LogP contribution in [0.2, 0.25) is 0 Å². The number of ether oxygens (including phenoxy) is 2. The summed E-state index contributed by atoms with van der Waals surface area (Å²) in [6.07, 6.45) is 1.74. The predicted molar refractivity (Wildman–Crippen MR) is 129 cm³/mol. The molecule has 0 atom stereocenters. The number of rotatable bonds is 7. The van der Waals surface area contributed by atoms with Crippen LogP contribution < -0.4 is 9.47 Å². The number of aromatic hydroxyl groups is 3. The molecule has 1 aromatic heterocycles. The first-order valence-corrected chi connectivity index (χ1v) is 11.1. The summed E-state index contributed by atoms with van der Waals surface area (Å²) in [5.74, 6) is 1.44. The minimum absolute atomic E-state index is 0.0939. The molecule has 168 valence electrons. The van der Waals surface area contributed by atoms with Gasteiger partial charge in [0.15, 0.2) is 11.5 Å². The maximum atomic E-state index is 11.1. The molecule has 0 fully saturated rings. The number of thioether (sulfide) groups is 1. The average Bonchev–Trinajstić information content (AvgIpc) is 2.84. The lowest BCUT2D eigenvalue weighted by molar-refractivity contribution is 0.369. The Morgan fingerprint density at radius 1 is 0.848 bits per heavy atom. The van der Waals surface area contributed by atoms with Crippen molar-refractivity contribution in [3.05, 3.63) is 78.6 Å². The minimum atomic E-state index is -0.104. The van der Waals surface area contributed by atoms with Crippen LogP contribution in [-0.2, 0) is 5.75 Å². The summed E-state index contributed by atoms with van der Waals surface area (Å²) < 4.78 is 11.1. The lowest BCUT2D eigenvalue weighted by atomic mass is 9.96. The van der Waals surface area contributed by atoms with Gasteiger partial charge in [0, 0.05) is 22.4 Å². The molecule has 0 spiro atoms. The van der Waals surface area contributed by atoms with Crippen LogP contribution in [0.4, 0.5) is 0 Å². The Labute approximate surface area is 196 Å². The van der Waals surface area contributed by atoms with E-state index in [1.165, 1.54) is 26.0 Å². The molecule has 6 nitrogen and oxygen atoms in total. The molecule has 1 heterocycles. The number of pyridine rings is 1. The largest absolute Gasteiger partial charge is 0.508 e.